The zero-order valence-electron chi connectivity index (χ0n) is 9.63. The zero-order valence-corrected chi connectivity index (χ0v) is 9.63. The summed E-state index contributed by atoms with van der Waals surface area (Å²) in [5.74, 6) is 0. The maximum Gasteiger partial charge on any atom is 0.414 e. The van der Waals surface area contributed by atoms with Crippen LogP contribution in [0.5, 0.6) is 0 Å². The molecule has 5 nitrogen and oxygen atoms in total. The van der Waals surface area contributed by atoms with Crippen molar-refractivity contribution < 1.29 is 19.4 Å². The predicted octanol–water partition coefficient (Wildman–Crippen LogP) is 1.15. The van der Waals surface area contributed by atoms with Gasteiger partial charge in [-0.3, -0.25) is 4.90 Å². The third kappa shape index (κ3) is 2.57. The first kappa shape index (κ1) is 11.9. The number of aliphatic hydroxyl groups excluding tert-OH is 1. The van der Waals surface area contributed by atoms with E-state index in [1.807, 2.05) is 0 Å². The summed E-state index contributed by atoms with van der Waals surface area (Å²) in [5, 5.41) is 8.94. The highest BCUT2D eigenvalue weighted by Crippen LogP contribution is 2.22. The first-order valence-electron chi connectivity index (χ1n) is 5.41. The van der Waals surface area contributed by atoms with Gasteiger partial charge in [-0.15, -0.1) is 0 Å². The lowest BCUT2D eigenvalue weighted by atomic mass is 10.2. The number of carbonyl (C=O) groups is 1. The molecule has 0 aliphatic carbocycles. The highest BCUT2D eigenvalue weighted by molar-refractivity contribution is 5.89. The van der Waals surface area contributed by atoms with Gasteiger partial charge in [0, 0.05) is 12.8 Å². The molecule has 1 atom stereocenters. The van der Waals surface area contributed by atoms with Gasteiger partial charge >= 0.3 is 6.09 Å². The number of nitrogens with zero attached hydrogens (tertiary/aromatic N) is 1. The number of amides is 1. The highest BCUT2D eigenvalue weighted by atomic mass is 16.6. The van der Waals surface area contributed by atoms with Gasteiger partial charge in [0.2, 0.25) is 0 Å². The smallest absolute Gasteiger partial charge is 0.414 e. The molecule has 5 heteroatoms. The van der Waals surface area contributed by atoms with Crippen LogP contribution in [0.3, 0.4) is 0 Å². The Kier molecular flexibility index (Phi) is 3.61. The summed E-state index contributed by atoms with van der Waals surface area (Å²) >= 11 is 0. The zero-order chi connectivity index (χ0) is 12.3. The second-order valence-corrected chi connectivity index (χ2v) is 3.90. The molecule has 0 radical (unpaired) electrons. The van der Waals surface area contributed by atoms with Crippen molar-refractivity contribution in [1.82, 2.24) is 0 Å². The van der Waals surface area contributed by atoms with Crippen LogP contribution in [-0.2, 0) is 16.1 Å². The number of benzene rings is 1. The Hall–Kier alpha value is -1.59. The highest BCUT2D eigenvalue weighted by Gasteiger charge is 2.32. The van der Waals surface area contributed by atoms with E-state index in [9.17, 15) is 4.79 Å². The molecule has 0 saturated carbocycles. The predicted molar refractivity (Wildman–Crippen MR) is 61.9 cm³/mol. The molecule has 1 fully saturated rings. The maximum absolute atomic E-state index is 11.6. The fourth-order valence-corrected chi connectivity index (χ4v) is 1.79. The SMILES string of the molecule is COC[C@H]1CN(c2ccc(CO)cc2)C(=O)O1. The van der Waals surface area contributed by atoms with E-state index in [0.29, 0.717) is 13.2 Å². The van der Waals surface area contributed by atoms with Crippen molar-refractivity contribution in [2.24, 2.45) is 0 Å². The summed E-state index contributed by atoms with van der Waals surface area (Å²) in [6, 6.07) is 7.16. The molecule has 1 N–H and O–H groups in total. The Balaban J connectivity index is 2.08. The van der Waals surface area contributed by atoms with E-state index in [0.717, 1.165) is 11.3 Å². The van der Waals surface area contributed by atoms with Crippen LogP contribution in [0.2, 0.25) is 0 Å². The molecular formula is C12H15NO4. The van der Waals surface area contributed by atoms with Crippen molar-refractivity contribution in [3.8, 4) is 0 Å². The number of aliphatic hydroxyl groups is 1. The minimum absolute atomic E-state index is 0.00295. The van der Waals surface area contributed by atoms with Crippen molar-refractivity contribution in [3.63, 3.8) is 0 Å². The Morgan fingerprint density at radius 1 is 1.47 bits per heavy atom. The van der Waals surface area contributed by atoms with E-state index in [4.69, 9.17) is 14.6 Å². The van der Waals surface area contributed by atoms with Crippen LogP contribution in [-0.4, -0.2) is 37.6 Å². The van der Waals surface area contributed by atoms with Crippen molar-refractivity contribution >= 4 is 11.8 Å². The van der Waals surface area contributed by atoms with Crippen LogP contribution in [0, 0.1) is 0 Å². The van der Waals surface area contributed by atoms with E-state index < -0.39 is 0 Å². The number of hydrogen-bond donors (Lipinski definition) is 1. The van der Waals surface area contributed by atoms with Crippen LogP contribution < -0.4 is 4.90 Å². The number of hydrogen-bond acceptors (Lipinski definition) is 4. The molecule has 1 aromatic rings. The lowest BCUT2D eigenvalue weighted by Gasteiger charge is -2.13. The van der Waals surface area contributed by atoms with Gasteiger partial charge in [-0.25, -0.2) is 4.79 Å². The van der Waals surface area contributed by atoms with Crippen molar-refractivity contribution in [3.05, 3.63) is 29.8 Å². The molecule has 1 amide bonds. The maximum atomic E-state index is 11.6. The summed E-state index contributed by atoms with van der Waals surface area (Å²) in [7, 11) is 1.58. The van der Waals surface area contributed by atoms with E-state index in [1.165, 1.54) is 0 Å². The monoisotopic (exact) mass is 237 g/mol. The van der Waals surface area contributed by atoms with E-state index in [1.54, 1.807) is 36.3 Å². The van der Waals surface area contributed by atoms with Gasteiger partial charge < -0.3 is 14.6 Å². The Bertz CT molecular complexity index is 390. The summed E-state index contributed by atoms with van der Waals surface area (Å²) in [6.07, 6.45) is -0.575. The van der Waals surface area contributed by atoms with Gasteiger partial charge in [0.25, 0.3) is 0 Å². The fraction of sp³-hybridized carbons (Fsp3) is 0.417. The Labute approximate surface area is 99.6 Å². The molecule has 0 unspecified atom stereocenters. The second-order valence-electron chi connectivity index (χ2n) is 3.90. The van der Waals surface area contributed by atoms with Crippen molar-refractivity contribution in [1.29, 1.82) is 0 Å². The molecule has 92 valence electrons. The molecule has 0 aromatic heterocycles. The minimum atomic E-state index is -0.358. The molecule has 0 bridgehead atoms. The standard InChI is InChI=1S/C12H15NO4/c1-16-8-11-6-13(12(15)17-11)10-4-2-9(7-14)3-5-10/h2-5,11,14H,6-8H2,1H3/t11-/m1/s1. The average Bonchev–Trinajstić information content (AvgIpc) is 2.71. The normalized spacial score (nSPS) is 19.5. The summed E-state index contributed by atoms with van der Waals surface area (Å²) in [5.41, 5.74) is 1.58. The summed E-state index contributed by atoms with van der Waals surface area (Å²) < 4.78 is 10.1. The summed E-state index contributed by atoms with van der Waals surface area (Å²) in [6.45, 7) is 0.888. The molecular weight excluding hydrogens is 222 g/mol. The Morgan fingerprint density at radius 2 is 2.18 bits per heavy atom. The second kappa shape index (κ2) is 5.16. The fourth-order valence-electron chi connectivity index (χ4n) is 1.79. The van der Waals surface area contributed by atoms with E-state index in [2.05, 4.69) is 0 Å². The number of cyclic esters (lactones) is 1. The molecule has 1 heterocycles. The topological polar surface area (TPSA) is 59.0 Å². The molecule has 1 aliphatic rings. The molecule has 2 rings (SSSR count). The van der Waals surface area contributed by atoms with E-state index in [-0.39, 0.29) is 18.8 Å². The van der Waals surface area contributed by atoms with Crippen LogP contribution in [0.15, 0.2) is 24.3 Å². The largest absolute Gasteiger partial charge is 0.441 e. The van der Waals surface area contributed by atoms with Gasteiger partial charge in [0.05, 0.1) is 19.8 Å². The van der Waals surface area contributed by atoms with Gasteiger partial charge in [-0.2, -0.15) is 0 Å². The van der Waals surface area contributed by atoms with Crippen molar-refractivity contribution in [2.75, 3.05) is 25.2 Å². The first-order chi connectivity index (χ1) is 8.24. The number of methoxy groups -OCH3 is 1. The molecule has 1 aromatic carbocycles. The van der Waals surface area contributed by atoms with Crippen LogP contribution in [0.25, 0.3) is 0 Å². The van der Waals surface area contributed by atoms with Crippen LogP contribution >= 0.6 is 0 Å². The first-order valence-corrected chi connectivity index (χ1v) is 5.41. The average molecular weight is 237 g/mol. The van der Waals surface area contributed by atoms with E-state index >= 15 is 0 Å². The number of ether oxygens (including phenoxy) is 2. The van der Waals surface area contributed by atoms with Crippen LogP contribution in [0.4, 0.5) is 10.5 Å². The third-order valence-corrected chi connectivity index (χ3v) is 2.66. The number of rotatable bonds is 4. The number of anilines is 1. The van der Waals surface area contributed by atoms with Gasteiger partial charge in [-0.05, 0) is 17.7 Å². The van der Waals surface area contributed by atoms with Crippen molar-refractivity contribution in [2.45, 2.75) is 12.7 Å². The number of carbonyl (C=O) groups excluding carboxylic acids is 1. The molecule has 17 heavy (non-hydrogen) atoms. The lowest BCUT2D eigenvalue weighted by Crippen LogP contribution is -2.25. The van der Waals surface area contributed by atoms with Gasteiger partial charge in [0.15, 0.2) is 0 Å². The van der Waals surface area contributed by atoms with Crippen LogP contribution in [0.1, 0.15) is 5.56 Å². The molecule has 1 aliphatic heterocycles. The third-order valence-electron chi connectivity index (χ3n) is 2.66. The summed E-state index contributed by atoms with van der Waals surface area (Å²) in [4.78, 5) is 13.2. The van der Waals surface area contributed by atoms with Gasteiger partial charge in [0.1, 0.15) is 6.10 Å². The quantitative estimate of drug-likeness (QED) is 0.853. The molecule has 1 saturated heterocycles. The molecule has 0 spiro atoms. The van der Waals surface area contributed by atoms with Gasteiger partial charge in [-0.1, -0.05) is 12.1 Å². The minimum Gasteiger partial charge on any atom is -0.441 e. The lowest BCUT2D eigenvalue weighted by molar-refractivity contribution is 0.0718. The Morgan fingerprint density at radius 3 is 2.76 bits per heavy atom.